The lowest BCUT2D eigenvalue weighted by Gasteiger charge is -2.23. The van der Waals surface area contributed by atoms with Gasteiger partial charge >= 0.3 is 6.03 Å². The largest absolute Gasteiger partial charge is 0.508 e. The number of fused-ring (bicyclic) bond motifs is 1. The molecule has 1 atom stereocenters. The molecule has 0 aliphatic heterocycles. The van der Waals surface area contributed by atoms with E-state index in [1.54, 1.807) is 18.5 Å². The van der Waals surface area contributed by atoms with E-state index < -0.39 is 6.04 Å². The Kier molecular flexibility index (Phi) is 5.38. The van der Waals surface area contributed by atoms with Crippen LogP contribution in [0.25, 0.3) is 10.8 Å². The van der Waals surface area contributed by atoms with Gasteiger partial charge in [0.25, 0.3) is 0 Å². The number of pyridine rings is 1. The number of nitrogens with one attached hydrogen (secondary N) is 2. The first-order chi connectivity index (χ1) is 14.2. The minimum Gasteiger partial charge on any atom is -0.508 e. The van der Waals surface area contributed by atoms with Crippen molar-refractivity contribution < 1.29 is 9.90 Å². The third-order valence-electron chi connectivity index (χ3n) is 4.82. The van der Waals surface area contributed by atoms with Gasteiger partial charge in [-0.1, -0.05) is 66.7 Å². The number of urea groups is 1. The summed E-state index contributed by atoms with van der Waals surface area (Å²) in [6.07, 6.45) is 3.41. The molecule has 0 unspecified atom stereocenters. The predicted molar refractivity (Wildman–Crippen MR) is 114 cm³/mol. The topological polar surface area (TPSA) is 74.2 Å². The van der Waals surface area contributed by atoms with Crippen molar-refractivity contribution >= 4 is 16.8 Å². The lowest BCUT2D eigenvalue weighted by Crippen LogP contribution is -2.38. The van der Waals surface area contributed by atoms with Gasteiger partial charge < -0.3 is 15.7 Å². The van der Waals surface area contributed by atoms with E-state index in [1.807, 2.05) is 72.8 Å². The van der Waals surface area contributed by atoms with Gasteiger partial charge in [-0.05, 0) is 34.0 Å². The van der Waals surface area contributed by atoms with Crippen LogP contribution in [0.5, 0.6) is 5.75 Å². The monoisotopic (exact) mass is 383 g/mol. The van der Waals surface area contributed by atoms with E-state index in [2.05, 4.69) is 15.6 Å². The molecule has 3 aromatic carbocycles. The fourth-order valence-electron chi connectivity index (χ4n) is 3.42. The molecular weight excluding hydrogens is 362 g/mol. The molecule has 2 amide bonds. The smallest absolute Gasteiger partial charge is 0.315 e. The average molecular weight is 383 g/mol. The van der Waals surface area contributed by atoms with E-state index in [9.17, 15) is 9.90 Å². The highest BCUT2D eigenvalue weighted by molar-refractivity contribution is 5.89. The van der Waals surface area contributed by atoms with Gasteiger partial charge in [-0.2, -0.15) is 0 Å². The summed E-state index contributed by atoms with van der Waals surface area (Å²) in [4.78, 5) is 16.8. The van der Waals surface area contributed by atoms with Gasteiger partial charge in [0.05, 0.1) is 6.04 Å². The van der Waals surface area contributed by atoms with E-state index in [0.717, 1.165) is 21.9 Å². The number of hydrogen-bond donors (Lipinski definition) is 3. The van der Waals surface area contributed by atoms with E-state index in [-0.39, 0.29) is 11.8 Å². The SMILES string of the molecule is O=C(NCc1cccnc1)N[C@H](c1ccccc1)c1c(O)ccc2ccccc12. The fourth-order valence-corrected chi connectivity index (χ4v) is 3.42. The van der Waals surface area contributed by atoms with Gasteiger partial charge in [0.2, 0.25) is 0 Å². The Labute approximate surface area is 169 Å². The average Bonchev–Trinajstić information content (AvgIpc) is 2.78. The van der Waals surface area contributed by atoms with Crippen LogP contribution in [0.3, 0.4) is 0 Å². The Morgan fingerprint density at radius 2 is 1.72 bits per heavy atom. The molecule has 0 radical (unpaired) electrons. The van der Waals surface area contributed by atoms with Crippen LogP contribution < -0.4 is 10.6 Å². The molecule has 3 N–H and O–H groups in total. The Bertz CT molecular complexity index is 1110. The number of hydrogen-bond acceptors (Lipinski definition) is 3. The van der Waals surface area contributed by atoms with Crippen molar-refractivity contribution in [3.63, 3.8) is 0 Å². The van der Waals surface area contributed by atoms with Gasteiger partial charge in [0.1, 0.15) is 5.75 Å². The summed E-state index contributed by atoms with van der Waals surface area (Å²) in [5.74, 6) is 0.144. The summed E-state index contributed by atoms with van der Waals surface area (Å²) in [6, 6.07) is 23.9. The Morgan fingerprint density at radius 1 is 0.931 bits per heavy atom. The van der Waals surface area contributed by atoms with E-state index >= 15 is 0 Å². The summed E-state index contributed by atoms with van der Waals surface area (Å²) >= 11 is 0. The Morgan fingerprint density at radius 3 is 2.52 bits per heavy atom. The zero-order valence-electron chi connectivity index (χ0n) is 15.7. The maximum Gasteiger partial charge on any atom is 0.315 e. The van der Waals surface area contributed by atoms with Crippen LogP contribution in [0.1, 0.15) is 22.7 Å². The molecule has 4 aromatic rings. The molecule has 5 heteroatoms. The molecule has 0 fully saturated rings. The van der Waals surface area contributed by atoms with Crippen LogP contribution in [0.4, 0.5) is 4.79 Å². The van der Waals surface area contributed by atoms with E-state index in [4.69, 9.17) is 0 Å². The molecule has 5 nitrogen and oxygen atoms in total. The van der Waals surface area contributed by atoms with Crippen molar-refractivity contribution in [2.24, 2.45) is 0 Å². The van der Waals surface area contributed by atoms with E-state index in [1.165, 1.54) is 0 Å². The zero-order valence-corrected chi connectivity index (χ0v) is 15.7. The van der Waals surface area contributed by atoms with Gasteiger partial charge in [0, 0.05) is 24.5 Å². The minimum atomic E-state index is -0.504. The minimum absolute atomic E-state index is 0.144. The van der Waals surface area contributed by atoms with E-state index in [0.29, 0.717) is 12.1 Å². The quantitative estimate of drug-likeness (QED) is 0.474. The summed E-state index contributed by atoms with van der Waals surface area (Å²) in [5.41, 5.74) is 2.47. The maximum absolute atomic E-state index is 12.7. The highest BCUT2D eigenvalue weighted by Gasteiger charge is 2.22. The molecule has 0 saturated heterocycles. The standard InChI is InChI=1S/C24H21N3O2/c28-21-13-12-18-8-4-5-11-20(18)22(21)23(19-9-2-1-3-10-19)27-24(29)26-16-17-7-6-14-25-15-17/h1-15,23,28H,16H2,(H2,26,27,29)/t23-/m1/s1. The first-order valence-corrected chi connectivity index (χ1v) is 9.41. The zero-order chi connectivity index (χ0) is 20.1. The number of phenolic OH excluding ortho intramolecular Hbond substituents is 1. The van der Waals surface area contributed by atoms with Crippen LogP contribution in [0.15, 0.2) is 91.3 Å². The third kappa shape index (κ3) is 4.19. The van der Waals surface area contributed by atoms with Crippen molar-refractivity contribution in [3.8, 4) is 5.75 Å². The second-order valence-corrected chi connectivity index (χ2v) is 6.75. The third-order valence-corrected chi connectivity index (χ3v) is 4.82. The van der Waals surface area contributed by atoms with Crippen LogP contribution in [0.2, 0.25) is 0 Å². The molecule has 0 aliphatic carbocycles. The molecule has 1 aromatic heterocycles. The number of amides is 2. The molecular formula is C24H21N3O2. The summed E-state index contributed by atoms with van der Waals surface area (Å²) in [7, 11) is 0. The Hall–Kier alpha value is -3.86. The molecule has 0 bridgehead atoms. The van der Waals surface area contributed by atoms with Crippen molar-refractivity contribution in [2.45, 2.75) is 12.6 Å². The lowest BCUT2D eigenvalue weighted by molar-refractivity contribution is 0.238. The second kappa shape index (κ2) is 8.44. The number of carbonyl (C=O) groups is 1. The predicted octanol–water partition coefficient (Wildman–Crippen LogP) is 4.53. The van der Waals surface area contributed by atoms with Gasteiger partial charge in [0.15, 0.2) is 0 Å². The van der Waals surface area contributed by atoms with Gasteiger partial charge in [-0.15, -0.1) is 0 Å². The molecule has 4 rings (SSSR count). The number of phenols is 1. The number of aromatic nitrogens is 1. The van der Waals surface area contributed by atoms with Gasteiger partial charge in [-0.25, -0.2) is 4.79 Å². The normalized spacial score (nSPS) is 11.7. The Balaban J connectivity index is 1.67. The highest BCUT2D eigenvalue weighted by atomic mass is 16.3. The van der Waals surface area contributed by atoms with Gasteiger partial charge in [-0.3, -0.25) is 4.98 Å². The summed E-state index contributed by atoms with van der Waals surface area (Å²) < 4.78 is 0. The number of aromatic hydroxyl groups is 1. The number of benzene rings is 3. The lowest BCUT2D eigenvalue weighted by atomic mass is 9.93. The second-order valence-electron chi connectivity index (χ2n) is 6.75. The fraction of sp³-hybridized carbons (Fsp3) is 0.0833. The number of carbonyl (C=O) groups excluding carboxylic acids is 1. The molecule has 0 aliphatic rings. The molecule has 144 valence electrons. The number of rotatable bonds is 5. The number of nitrogens with zero attached hydrogens (tertiary/aromatic N) is 1. The van der Waals surface area contributed by atoms with Crippen LogP contribution in [-0.2, 0) is 6.54 Å². The molecule has 0 saturated carbocycles. The first kappa shape index (κ1) is 18.5. The summed E-state index contributed by atoms with van der Waals surface area (Å²) in [6.45, 7) is 0.364. The van der Waals surface area contributed by atoms with Crippen molar-refractivity contribution in [1.82, 2.24) is 15.6 Å². The van der Waals surface area contributed by atoms with Crippen molar-refractivity contribution in [3.05, 3.63) is 108 Å². The maximum atomic E-state index is 12.7. The molecule has 0 spiro atoms. The summed E-state index contributed by atoms with van der Waals surface area (Å²) in [5, 5.41) is 18.5. The highest BCUT2D eigenvalue weighted by Crippen LogP contribution is 2.35. The van der Waals surface area contributed by atoms with Crippen molar-refractivity contribution in [2.75, 3.05) is 0 Å². The van der Waals surface area contributed by atoms with Crippen LogP contribution >= 0.6 is 0 Å². The van der Waals surface area contributed by atoms with Crippen LogP contribution in [0, 0.1) is 0 Å². The molecule has 29 heavy (non-hydrogen) atoms. The van der Waals surface area contributed by atoms with Crippen LogP contribution in [-0.4, -0.2) is 16.1 Å². The van der Waals surface area contributed by atoms with Crippen molar-refractivity contribution in [1.29, 1.82) is 0 Å². The molecule has 1 heterocycles. The first-order valence-electron chi connectivity index (χ1n) is 9.41.